The van der Waals surface area contributed by atoms with Crippen LogP contribution in [-0.4, -0.2) is 43.8 Å². The summed E-state index contributed by atoms with van der Waals surface area (Å²) in [5, 5.41) is 7.58. The van der Waals surface area contributed by atoms with Gasteiger partial charge in [-0.3, -0.25) is 14.4 Å². The number of esters is 1. The fourth-order valence-electron chi connectivity index (χ4n) is 3.29. The van der Waals surface area contributed by atoms with Crippen LogP contribution in [-0.2, 0) is 35.7 Å². The van der Waals surface area contributed by atoms with Crippen LogP contribution in [0.5, 0.6) is 0 Å². The second-order valence-corrected chi connectivity index (χ2v) is 9.36. The van der Waals surface area contributed by atoms with E-state index in [0.717, 1.165) is 11.1 Å². The summed E-state index contributed by atoms with van der Waals surface area (Å²) in [6, 6.07) is 13.1. The Morgan fingerprint density at radius 3 is 2.38 bits per heavy atom. The third-order valence-corrected chi connectivity index (χ3v) is 6.08. The highest BCUT2D eigenvalue weighted by Crippen LogP contribution is 2.22. The van der Waals surface area contributed by atoms with E-state index in [1.807, 2.05) is 31.2 Å². The number of hydrogen-bond acceptors (Lipinski definition) is 6. The van der Waals surface area contributed by atoms with Crippen molar-refractivity contribution in [1.29, 1.82) is 0 Å². The fourth-order valence-corrected chi connectivity index (χ4v) is 3.81. The van der Waals surface area contributed by atoms with E-state index in [4.69, 9.17) is 9.88 Å². The van der Waals surface area contributed by atoms with Gasteiger partial charge in [-0.25, -0.2) is 13.6 Å². The fraction of sp³-hybridized carbons (Fsp3) is 0.318. The van der Waals surface area contributed by atoms with Gasteiger partial charge in [0, 0.05) is 25.2 Å². The Bertz CT molecular complexity index is 1110. The number of anilines is 1. The van der Waals surface area contributed by atoms with Gasteiger partial charge in [0.2, 0.25) is 15.9 Å². The molecule has 3 N–H and O–H groups in total. The van der Waals surface area contributed by atoms with Crippen LogP contribution in [0.15, 0.2) is 53.4 Å². The number of nitrogens with zero attached hydrogens (tertiary/aromatic N) is 1. The number of ether oxygens (including phenoxy) is 1. The van der Waals surface area contributed by atoms with Gasteiger partial charge < -0.3 is 15.0 Å². The van der Waals surface area contributed by atoms with Gasteiger partial charge in [-0.1, -0.05) is 29.8 Å². The van der Waals surface area contributed by atoms with Gasteiger partial charge in [0.1, 0.15) is 0 Å². The first-order valence-electron chi connectivity index (χ1n) is 10.0. The minimum absolute atomic E-state index is 0.0358. The van der Waals surface area contributed by atoms with Crippen molar-refractivity contribution in [3.8, 4) is 0 Å². The van der Waals surface area contributed by atoms with Crippen LogP contribution >= 0.6 is 0 Å². The number of rotatable bonds is 7. The monoisotopic (exact) mass is 459 g/mol. The number of nitrogens with two attached hydrogens (primary N) is 1. The molecule has 170 valence electrons. The normalized spacial score (nSPS) is 17.2. The minimum atomic E-state index is -3.83. The molecule has 9 nitrogen and oxygen atoms in total. The van der Waals surface area contributed by atoms with Gasteiger partial charge in [0.05, 0.1) is 10.8 Å². The predicted molar refractivity (Wildman–Crippen MR) is 117 cm³/mol. The second-order valence-electron chi connectivity index (χ2n) is 7.80. The molecule has 0 unspecified atom stereocenters. The van der Waals surface area contributed by atoms with Crippen molar-refractivity contribution in [3.63, 3.8) is 0 Å². The Balaban J connectivity index is 1.52. The maximum atomic E-state index is 12.5. The zero-order valence-corrected chi connectivity index (χ0v) is 18.6. The molecule has 32 heavy (non-hydrogen) atoms. The number of sulfonamides is 1. The maximum absolute atomic E-state index is 12.5. The quantitative estimate of drug-likeness (QED) is 0.603. The van der Waals surface area contributed by atoms with E-state index in [9.17, 15) is 22.8 Å². The third kappa shape index (κ3) is 5.92. The first-order valence-corrected chi connectivity index (χ1v) is 11.5. The van der Waals surface area contributed by atoms with Crippen molar-refractivity contribution >= 4 is 33.5 Å². The van der Waals surface area contributed by atoms with E-state index in [-0.39, 0.29) is 23.8 Å². The SMILES string of the molecule is Cc1ccc(CN2C[C@H](C(=O)O[C@@H](C)C(=O)Nc3ccc(S(N)(=O)=O)cc3)CC2=O)cc1. The summed E-state index contributed by atoms with van der Waals surface area (Å²) in [5.41, 5.74) is 2.42. The van der Waals surface area contributed by atoms with E-state index in [1.165, 1.54) is 31.2 Å². The molecule has 0 spiro atoms. The molecule has 1 saturated heterocycles. The number of carbonyl (C=O) groups is 3. The Hall–Kier alpha value is -3.24. The van der Waals surface area contributed by atoms with E-state index in [2.05, 4.69) is 5.32 Å². The molecule has 0 aromatic heterocycles. The summed E-state index contributed by atoms with van der Waals surface area (Å²) in [6.07, 6.45) is -1.06. The average Bonchev–Trinajstić information content (AvgIpc) is 3.10. The first-order chi connectivity index (χ1) is 15.0. The summed E-state index contributed by atoms with van der Waals surface area (Å²) in [5.74, 6) is -1.98. The highest BCUT2D eigenvalue weighted by atomic mass is 32.2. The number of carbonyl (C=O) groups excluding carboxylic acids is 3. The summed E-state index contributed by atoms with van der Waals surface area (Å²) < 4.78 is 27.8. The molecule has 10 heteroatoms. The van der Waals surface area contributed by atoms with Crippen molar-refractivity contribution in [1.82, 2.24) is 4.90 Å². The van der Waals surface area contributed by atoms with E-state index < -0.39 is 33.9 Å². The zero-order chi connectivity index (χ0) is 23.5. The molecule has 0 radical (unpaired) electrons. The summed E-state index contributed by atoms with van der Waals surface area (Å²) in [7, 11) is -3.83. The lowest BCUT2D eigenvalue weighted by molar-refractivity contribution is -0.157. The Morgan fingerprint density at radius 1 is 1.16 bits per heavy atom. The Labute approximate surface area is 186 Å². The lowest BCUT2D eigenvalue weighted by Crippen LogP contribution is -2.33. The number of primary sulfonamides is 1. The predicted octanol–water partition coefficient (Wildman–Crippen LogP) is 1.56. The van der Waals surface area contributed by atoms with Crippen molar-refractivity contribution in [2.45, 2.75) is 37.8 Å². The minimum Gasteiger partial charge on any atom is -0.452 e. The van der Waals surface area contributed by atoms with Crippen molar-refractivity contribution in [2.75, 3.05) is 11.9 Å². The maximum Gasteiger partial charge on any atom is 0.312 e. The molecule has 2 aromatic carbocycles. The van der Waals surface area contributed by atoms with Gasteiger partial charge in [-0.15, -0.1) is 0 Å². The van der Waals surface area contributed by atoms with Crippen LogP contribution in [0.3, 0.4) is 0 Å². The molecule has 1 aliphatic rings. The van der Waals surface area contributed by atoms with Crippen molar-refractivity contribution < 1.29 is 27.5 Å². The van der Waals surface area contributed by atoms with Crippen LogP contribution in [0.1, 0.15) is 24.5 Å². The van der Waals surface area contributed by atoms with Crippen LogP contribution in [0.2, 0.25) is 0 Å². The van der Waals surface area contributed by atoms with Gasteiger partial charge in [-0.05, 0) is 43.7 Å². The van der Waals surface area contributed by atoms with Gasteiger partial charge in [-0.2, -0.15) is 0 Å². The first kappa shape index (κ1) is 23.4. The molecule has 1 heterocycles. The standard InChI is InChI=1S/C22H25N3O6S/c1-14-3-5-16(6-4-14)12-25-13-17(11-20(25)26)22(28)31-15(2)21(27)24-18-7-9-19(10-8-18)32(23,29)30/h3-10,15,17H,11-13H2,1-2H3,(H,24,27)(H2,23,29,30)/t15-,17+/m0/s1. The number of aryl methyl sites for hydroxylation is 1. The van der Waals surface area contributed by atoms with Crippen molar-refractivity contribution in [3.05, 3.63) is 59.7 Å². The molecular weight excluding hydrogens is 434 g/mol. The molecule has 0 aliphatic carbocycles. The van der Waals surface area contributed by atoms with Crippen LogP contribution in [0.25, 0.3) is 0 Å². The molecule has 2 amide bonds. The molecular formula is C22H25N3O6S. The van der Waals surface area contributed by atoms with Gasteiger partial charge in [0.15, 0.2) is 6.10 Å². The largest absolute Gasteiger partial charge is 0.452 e. The smallest absolute Gasteiger partial charge is 0.312 e. The molecule has 2 atom stereocenters. The highest BCUT2D eigenvalue weighted by molar-refractivity contribution is 7.89. The Morgan fingerprint density at radius 2 is 1.78 bits per heavy atom. The number of benzene rings is 2. The average molecular weight is 460 g/mol. The van der Waals surface area contributed by atoms with Gasteiger partial charge in [0.25, 0.3) is 5.91 Å². The molecule has 1 aliphatic heterocycles. The molecule has 2 aromatic rings. The zero-order valence-electron chi connectivity index (χ0n) is 17.8. The highest BCUT2D eigenvalue weighted by Gasteiger charge is 2.36. The summed E-state index contributed by atoms with van der Waals surface area (Å²) >= 11 is 0. The van der Waals surface area contributed by atoms with E-state index in [0.29, 0.717) is 12.2 Å². The van der Waals surface area contributed by atoms with Crippen molar-refractivity contribution in [2.24, 2.45) is 11.1 Å². The molecule has 1 fully saturated rings. The summed E-state index contributed by atoms with van der Waals surface area (Å²) in [4.78, 5) is 38.7. The number of nitrogens with one attached hydrogen (secondary N) is 1. The third-order valence-electron chi connectivity index (χ3n) is 5.15. The summed E-state index contributed by atoms with van der Waals surface area (Å²) in [6.45, 7) is 4.04. The topological polar surface area (TPSA) is 136 Å². The van der Waals surface area contributed by atoms with E-state index >= 15 is 0 Å². The second kappa shape index (κ2) is 9.49. The van der Waals surface area contributed by atoms with Crippen LogP contribution in [0.4, 0.5) is 5.69 Å². The number of hydrogen-bond donors (Lipinski definition) is 2. The number of amides is 2. The van der Waals surface area contributed by atoms with E-state index in [1.54, 1.807) is 4.90 Å². The van der Waals surface area contributed by atoms with Gasteiger partial charge >= 0.3 is 5.97 Å². The van der Waals surface area contributed by atoms with Crippen LogP contribution < -0.4 is 10.5 Å². The molecule has 0 bridgehead atoms. The molecule has 3 rings (SSSR count). The molecule has 0 saturated carbocycles. The lowest BCUT2D eigenvalue weighted by atomic mass is 10.1. The van der Waals surface area contributed by atoms with Crippen LogP contribution in [0, 0.1) is 12.8 Å². The Kier molecular flexibility index (Phi) is 6.95. The lowest BCUT2D eigenvalue weighted by Gasteiger charge is -2.18. The number of likely N-dealkylation sites (tertiary alicyclic amines) is 1.